The predicted octanol–water partition coefficient (Wildman–Crippen LogP) is 4.01. The second kappa shape index (κ2) is 9.00. The average Bonchev–Trinajstić information content (AvgIpc) is 3.03. The van der Waals surface area contributed by atoms with Gasteiger partial charge in [0.25, 0.3) is 0 Å². The first-order valence-electron chi connectivity index (χ1n) is 9.60. The maximum absolute atomic E-state index is 13.3. The van der Waals surface area contributed by atoms with Crippen molar-refractivity contribution < 1.29 is 9.18 Å². The Bertz CT molecular complexity index is 964. The zero-order valence-electron chi connectivity index (χ0n) is 15.9. The summed E-state index contributed by atoms with van der Waals surface area (Å²) in [6, 6.07) is 15.9. The summed E-state index contributed by atoms with van der Waals surface area (Å²) in [5, 5.41) is 3.66. The first-order valence-corrected chi connectivity index (χ1v) is 10.4. The molecule has 2 aromatic carbocycles. The molecule has 29 heavy (non-hydrogen) atoms. The normalized spacial score (nSPS) is 14.5. The highest BCUT2D eigenvalue weighted by Gasteiger charge is 2.21. The molecule has 0 aliphatic carbocycles. The van der Waals surface area contributed by atoms with Crippen LogP contribution in [0.5, 0.6) is 0 Å². The van der Waals surface area contributed by atoms with E-state index >= 15 is 0 Å². The molecule has 6 nitrogen and oxygen atoms in total. The molecule has 3 aromatic rings. The molecule has 1 saturated heterocycles. The Kier molecular flexibility index (Phi) is 6.00. The second-order valence-electron chi connectivity index (χ2n) is 6.92. The molecule has 2 heterocycles. The van der Waals surface area contributed by atoms with Crippen LogP contribution in [0.1, 0.15) is 17.8 Å². The lowest BCUT2D eigenvalue weighted by atomic mass is 10.1. The number of halogens is 1. The molecule has 0 bridgehead atoms. The molecule has 0 saturated carbocycles. The van der Waals surface area contributed by atoms with E-state index in [0.717, 1.165) is 23.9 Å². The third-order valence-corrected chi connectivity index (χ3v) is 5.61. The number of hydrogen-bond acceptors (Lipinski definition) is 5. The van der Waals surface area contributed by atoms with Crippen molar-refractivity contribution in [2.75, 3.05) is 36.4 Å². The summed E-state index contributed by atoms with van der Waals surface area (Å²) in [5.41, 5.74) is 1.65. The first-order chi connectivity index (χ1) is 14.2. The molecule has 150 valence electrons. The summed E-state index contributed by atoms with van der Waals surface area (Å²) < 4.78 is 17.8. The Morgan fingerprint density at radius 1 is 1.07 bits per heavy atom. The van der Waals surface area contributed by atoms with Crippen LogP contribution in [0.3, 0.4) is 0 Å². The number of benzene rings is 2. The van der Waals surface area contributed by atoms with Crippen molar-refractivity contribution in [3.63, 3.8) is 0 Å². The number of hydrogen-bond donors (Lipinski definition) is 1. The largest absolute Gasteiger partial charge is 0.345 e. The van der Waals surface area contributed by atoms with Gasteiger partial charge in [-0.3, -0.25) is 0 Å². The van der Waals surface area contributed by atoms with Crippen molar-refractivity contribution >= 4 is 28.4 Å². The van der Waals surface area contributed by atoms with Crippen LogP contribution < -0.4 is 10.2 Å². The van der Waals surface area contributed by atoms with Crippen LogP contribution in [0, 0.1) is 5.82 Å². The maximum Gasteiger partial charge on any atom is 0.321 e. The predicted molar refractivity (Wildman–Crippen MR) is 113 cm³/mol. The van der Waals surface area contributed by atoms with E-state index in [1.807, 2.05) is 18.2 Å². The fourth-order valence-corrected chi connectivity index (χ4v) is 4.04. The Balaban J connectivity index is 1.34. The van der Waals surface area contributed by atoms with E-state index in [1.165, 1.54) is 29.2 Å². The number of nitrogens with zero attached hydrogens (tertiary/aromatic N) is 4. The SMILES string of the molecule is O=C(Nc1cccc(F)c1)N1CCCN(c2nc(Cc3ccccc3)ns2)CC1. The molecule has 8 heteroatoms. The molecule has 0 radical (unpaired) electrons. The molecular weight excluding hydrogens is 389 g/mol. The van der Waals surface area contributed by atoms with E-state index < -0.39 is 0 Å². The van der Waals surface area contributed by atoms with Gasteiger partial charge in [0.05, 0.1) is 0 Å². The number of carbonyl (C=O) groups is 1. The average molecular weight is 412 g/mol. The minimum Gasteiger partial charge on any atom is -0.345 e. The van der Waals surface area contributed by atoms with Crippen LogP contribution in [-0.2, 0) is 6.42 Å². The fourth-order valence-electron chi connectivity index (χ4n) is 3.30. The third kappa shape index (κ3) is 5.08. The lowest BCUT2D eigenvalue weighted by molar-refractivity contribution is 0.215. The monoisotopic (exact) mass is 411 g/mol. The molecular formula is C21H22FN5OS. The van der Waals surface area contributed by atoms with Gasteiger partial charge in [-0.1, -0.05) is 36.4 Å². The molecule has 1 aliphatic heterocycles. The number of urea groups is 1. The Labute approximate surface area is 173 Å². The van der Waals surface area contributed by atoms with Crippen molar-refractivity contribution in [3.05, 3.63) is 71.8 Å². The second-order valence-corrected chi connectivity index (χ2v) is 7.65. The molecule has 0 atom stereocenters. The summed E-state index contributed by atoms with van der Waals surface area (Å²) in [6.45, 7) is 2.74. The third-order valence-electron chi connectivity index (χ3n) is 4.79. The molecule has 1 aliphatic rings. The van der Waals surface area contributed by atoms with Crippen LogP contribution in [0.15, 0.2) is 54.6 Å². The van der Waals surface area contributed by atoms with E-state index in [1.54, 1.807) is 17.0 Å². The Morgan fingerprint density at radius 3 is 2.76 bits per heavy atom. The van der Waals surface area contributed by atoms with Crippen LogP contribution >= 0.6 is 11.5 Å². The summed E-state index contributed by atoms with van der Waals surface area (Å²) in [4.78, 5) is 21.2. The highest BCUT2D eigenvalue weighted by molar-refractivity contribution is 7.09. The van der Waals surface area contributed by atoms with Gasteiger partial charge in [-0.15, -0.1) is 0 Å². The van der Waals surface area contributed by atoms with Gasteiger partial charge in [0.1, 0.15) is 11.6 Å². The van der Waals surface area contributed by atoms with Gasteiger partial charge in [0.2, 0.25) is 5.13 Å². The molecule has 0 unspecified atom stereocenters. The van der Waals surface area contributed by atoms with Crippen LogP contribution in [0.2, 0.25) is 0 Å². The van der Waals surface area contributed by atoms with Crippen LogP contribution in [-0.4, -0.2) is 46.5 Å². The highest BCUT2D eigenvalue weighted by Crippen LogP contribution is 2.21. The maximum atomic E-state index is 13.3. The summed E-state index contributed by atoms with van der Waals surface area (Å²) in [5.74, 6) is 0.452. The topological polar surface area (TPSA) is 61.4 Å². The van der Waals surface area contributed by atoms with E-state index in [4.69, 9.17) is 4.98 Å². The van der Waals surface area contributed by atoms with Gasteiger partial charge >= 0.3 is 6.03 Å². The standard InChI is InChI=1S/C21H22FN5OS/c22-17-8-4-9-18(15-17)23-20(28)26-10-5-11-27(13-12-26)21-24-19(25-29-21)14-16-6-2-1-3-7-16/h1-4,6-9,15H,5,10-14H2,(H,23,28). The van der Waals surface area contributed by atoms with Crippen molar-refractivity contribution in [1.82, 2.24) is 14.3 Å². The van der Waals surface area contributed by atoms with E-state index in [0.29, 0.717) is 31.7 Å². The van der Waals surface area contributed by atoms with E-state index in [2.05, 4.69) is 26.7 Å². The van der Waals surface area contributed by atoms with Crippen molar-refractivity contribution in [2.45, 2.75) is 12.8 Å². The van der Waals surface area contributed by atoms with E-state index in [9.17, 15) is 9.18 Å². The van der Waals surface area contributed by atoms with Gasteiger partial charge in [-0.2, -0.15) is 4.37 Å². The first kappa shape index (κ1) is 19.3. The molecule has 1 N–H and O–H groups in total. The lowest BCUT2D eigenvalue weighted by Crippen LogP contribution is -2.38. The molecule has 0 spiro atoms. The summed E-state index contributed by atoms with van der Waals surface area (Å²) in [7, 11) is 0. The Hall–Kier alpha value is -3.00. The number of carbonyl (C=O) groups excluding carboxylic acids is 1. The van der Waals surface area contributed by atoms with Crippen LogP contribution in [0.4, 0.5) is 20.0 Å². The molecule has 1 fully saturated rings. The van der Waals surface area contributed by atoms with Crippen molar-refractivity contribution in [3.8, 4) is 0 Å². The van der Waals surface area contributed by atoms with Gasteiger partial charge in [0.15, 0.2) is 0 Å². The highest BCUT2D eigenvalue weighted by atomic mass is 32.1. The number of rotatable bonds is 4. The number of anilines is 2. The molecule has 1 aromatic heterocycles. The smallest absolute Gasteiger partial charge is 0.321 e. The quantitative estimate of drug-likeness (QED) is 0.705. The Morgan fingerprint density at radius 2 is 1.93 bits per heavy atom. The minimum atomic E-state index is -0.368. The number of amides is 2. The lowest BCUT2D eigenvalue weighted by Gasteiger charge is -2.22. The van der Waals surface area contributed by atoms with Crippen molar-refractivity contribution in [2.24, 2.45) is 0 Å². The fraction of sp³-hybridized carbons (Fsp3) is 0.286. The van der Waals surface area contributed by atoms with E-state index in [-0.39, 0.29) is 11.8 Å². The van der Waals surface area contributed by atoms with Crippen molar-refractivity contribution in [1.29, 1.82) is 0 Å². The number of aromatic nitrogens is 2. The summed E-state index contributed by atoms with van der Waals surface area (Å²) >= 11 is 1.40. The van der Waals surface area contributed by atoms with Gasteiger partial charge in [0, 0.05) is 49.8 Å². The van der Waals surface area contributed by atoms with Gasteiger partial charge in [-0.05, 0) is 30.2 Å². The van der Waals surface area contributed by atoms with Gasteiger partial charge < -0.3 is 15.1 Å². The van der Waals surface area contributed by atoms with Crippen LogP contribution in [0.25, 0.3) is 0 Å². The molecule has 4 rings (SSSR count). The zero-order valence-corrected chi connectivity index (χ0v) is 16.7. The minimum absolute atomic E-state index is 0.209. The zero-order chi connectivity index (χ0) is 20.1. The summed E-state index contributed by atoms with van der Waals surface area (Å²) in [6.07, 6.45) is 1.55. The van der Waals surface area contributed by atoms with Gasteiger partial charge in [-0.25, -0.2) is 14.2 Å². The number of nitrogens with one attached hydrogen (secondary N) is 1. The molecule has 2 amide bonds.